The van der Waals surface area contributed by atoms with E-state index in [1.54, 1.807) is 11.3 Å². The van der Waals surface area contributed by atoms with Crippen molar-refractivity contribution in [3.05, 3.63) is 38.5 Å². The number of thiazole rings is 1. The molecule has 2 aromatic heterocycles. The summed E-state index contributed by atoms with van der Waals surface area (Å²) in [4.78, 5) is 29.2. The number of nitrogens with one attached hydrogen (secondary N) is 1. The number of carboxylic acids is 1. The second-order valence-corrected chi connectivity index (χ2v) is 9.43. The highest BCUT2D eigenvalue weighted by molar-refractivity contribution is 7.10. The van der Waals surface area contributed by atoms with Crippen LogP contribution < -0.4 is 5.32 Å². The molecule has 0 aliphatic carbocycles. The van der Waals surface area contributed by atoms with E-state index in [0.29, 0.717) is 30.2 Å². The number of alkyl halides is 3. The molecule has 2 fully saturated rings. The standard InChI is InChI=1S/C17H21N3O2S2.C2HF3O2/c1-11-19-15(10-24-11)17(21)18-5-12-9-22-16-8-20(7-14(12)16)6-13-3-2-4-23-13;3-2(4,5)1(6)7/h2-4,10,12,14,16H,5-9H2,1H3,(H,18,21);(H,6,7)/t12-,14-,16-;/m1./s1. The molecule has 4 heterocycles. The number of amides is 1. The SMILES string of the molecule is Cc1nc(C(=O)NC[C@@H]2CO[C@@H]3CN(Cc4cccs4)C[C@H]23)cs1.O=C(O)C(F)(F)F. The van der Waals surface area contributed by atoms with Gasteiger partial charge in [0.15, 0.2) is 0 Å². The van der Waals surface area contributed by atoms with E-state index in [4.69, 9.17) is 14.6 Å². The molecule has 7 nitrogen and oxygen atoms in total. The summed E-state index contributed by atoms with van der Waals surface area (Å²) in [5, 5.41) is 15.0. The number of aliphatic carboxylic acids is 1. The first-order valence-electron chi connectivity index (χ1n) is 9.50. The van der Waals surface area contributed by atoms with Gasteiger partial charge in [0.05, 0.1) is 17.7 Å². The number of aromatic nitrogens is 1. The molecule has 1 amide bonds. The molecule has 0 aromatic carbocycles. The van der Waals surface area contributed by atoms with Crippen molar-refractivity contribution < 1.29 is 32.6 Å². The highest BCUT2D eigenvalue weighted by Gasteiger charge is 2.43. The number of hydrogen-bond acceptors (Lipinski definition) is 7. The van der Waals surface area contributed by atoms with Crippen molar-refractivity contribution in [2.75, 3.05) is 26.2 Å². The normalized spacial score (nSPS) is 23.2. The van der Waals surface area contributed by atoms with Crippen molar-refractivity contribution >= 4 is 34.6 Å². The van der Waals surface area contributed by atoms with Crippen molar-refractivity contribution in [2.24, 2.45) is 11.8 Å². The second-order valence-electron chi connectivity index (χ2n) is 7.33. The molecular weight excluding hydrogens is 455 g/mol. The summed E-state index contributed by atoms with van der Waals surface area (Å²) in [6, 6.07) is 4.29. The van der Waals surface area contributed by atoms with Crippen molar-refractivity contribution in [2.45, 2.75) is 25.7 Å². The van der Waals surface area contributed by atoms with Crippen LogP contribution in [0.1, 0.15) is 20.4 Å². The molecule has 0 unspecified atom stereocenters. The van der Waals surface area contributed by atoms with Crippen LogP contribution in [0.15, 0.2) is 22.9 Å². The van der Waals surface area contributed by atoms with Crippen LogP contribution in [0.4, 0.5) is 13.2 Å². The van der Waals surface area contributed by atoms with Crippen LogP contribution in [-0.2, 0) is 16.1 Å². The van der Waals surface area contributed by atoms with Gasteiger partial charge in [-0.15, -0.1) is 22.7 Å². The average Bonchev–Trinajstić information content (AvgIpc) is 3.46. The second kappa shape index (κ2) is 10.1. The van der Waals surface area contributed by atoms with E-state index in [1.165, 1.54) is 16.2 Å². The Balaban J connectivity index is 0.000000339. The number of likely N-dealkylation sites (tertiary alicyclic amines) is 1. The molecule has 0 radical (unpaired) electrons. The summed E-state index contributed by atoms with van der Waals surface area (Å²) in [5.41, 5.74) is 0.527. The molecule has 170 valence electrons. The molecule has 0 bridgehead atoms. The van der Waals surface area contributed by atoms with E-state index in [0.717, 1.165) is 31.2 Å². The predicted molar refractivity (Wildman–Crippen MR) is 109 cm³/mol. The monoisotopic (exact) mass is 477 g/mol. The Morgan fingerprint density at radius 2 is 2.10 bits per heavy atom. The number of halogens is 3. The van der Waals surface area contributed by atoms with Gasteiger partial charge in [-0.2, -0.15) is 13.2 Å². The maximum absolute atomic E-state index is 12.2. The van der Waals surface area contributed by atoms with Crippen molar-refractivity contribution in [1.29, 1.82) is 0 Å². The van der Waals surface area contributed by atoms with E-state index in [2.05, 4.69) is 32.7 Å². The maximum atomic E-state index is 12.2. The van der Waals surface area contributed by atoms with E-state index < -0.39 is 12.1 Å². The van der Waals surface area contributed by atoms with Crippen molar-refractivity contribution in [1.82, 2.24) is 15.2 Å². The molecule has 0 spiro atoms. The zero-order chi connectivity index (χ0) is 22.6. The number of fused-ring (bicyclic) bond motifs is 1. The van der Waals surface area contributed by atoms with Crippen LogP contribution in [0.3, 0.4) is 0 Å². The van der Waals surface area contributed by atoms with Crippen molar-refractivity contribution in [3.63, 3.8) is 0 Å². The van der Waals surface area contributed by atoms with E-state index >= 15 is 0 Å². The molecule has 3 atom stereocenters. The number of carbonyl (C=O) groups excluding carboxylic acids is 1. The van der Waals surface area contributed by atoms with Crippen LogP contribution in [0.25, 0.3) is 0 Å². The topological polar surface area (TPSA) is 91.8 Å². The molecule has 12 heteroatoms. The van der Waals surface area contributed by atoms with Gasteiger partial charge in [0, 0.05) is 48.3 Å². The first-order valence-corrected chi connectivity index (χ1v) is 11.3. The zero-order valence-corrected chi connectivity index (χ0v) is 18.2. The summed E-state index contributed by atoms with van der Waals surface area (Å²) in [6.45, 7) is 6.39. The lowest BCUT2D eigenvalue weighted by Crippen LogP contribution is -2.34. The summed E-state index contributed by atoms with van der Waals surface area (Å²) in [7, 11) is 0. The number of hydrogen-bond donors (Lipinski definition) is 2. The van der Waals surface area contributed by atoms with Gasteiger partial charge < -0.3 is 15.2 Å². The lowest BCUT2D eigenvalue weighted by molar-refractivity contribution is -0.192. The van der Waals surface area contributed by atoms with Crippen molar-refractivity contribution in [3.8, 4) is 0 Å². The molecule has 4 rings (SSSR count). The quantitative estimate of drug-likeness (QED) is 0.688. The molecule has 2 saturated heterocycles. The number of thiophene rings is 1. The van der Waals surface area contributed by atoms with Gasteiger partial charge in [-0.05, 0) is 18.4 Å². The Hall–Kier alpha value is -2.02. The number of ether oxygens (including phenoxy) is 1. The molecule has 2 N–H and O–H groups in total. The first-order chi connectivity index (χ1) is 14.6. The third kappa shape index (κ3) is 6.48. The van der Waals surface area contributed by atoms with Gasteiger partial charge in [-0.3, -0.25) is 9.69 Å². The number of aryl methyl sites for hydroxylation is 1. The minimum Gasteiger partial charge on any atom is -0.475 e. The van der Waals surface area contributed by atoms with E-state index in [-0.39, 0.29) is 5.91 Å². The lowest BCUT2D eigenvalue weighted by Gasteiger charge is -2.19. The Bertz CT molecular complexity index is 888. The predicted octanol–water partition coefficient (Wildman–Crippen LogP) is 3.02. The molecule has 2 aliphatic heterocycles. The minimum atomic E-state index is -5.08. The van der Waals surface area contributed by atoms with Gasteiger partial charge in [0.25, 0.3) is 5.91 Å². The summed E-state index contributed by atoms with van der Waals surface area (Å²) in [6.07, 6.45) is -4.77. The Morgan fingerprint density at radius 1 is 1.35 bits per heavy atom. The molecule has 31 heavy (non-hydrogen) atoms. The van der Waals surface area contributed by atoms with E-state index in [9.17, 15) is 18.0 Å². The largest absolute Gasteiger partial charge is 0.490 e. The molecule has 2 aliphatic rings. The van der Waals surface area contributed by atoms with Crippen LogP contribution in [0.2, 0.25) is 0 Å². The maximum Gasteiger partial charge on any atom is 0.490 e. The average molecular weight is 478 g/mol. The van der Waals surface area contributed by atoms with Crippen LogP contribution >= 0.6 is 22.7 Å². The first kappa shape index (κ1) is 23.6. The number of nitrogens with zero attached hydrogens (tertiary/aromatic N) is 2. The Labute approximate surface area is 184 Å². The number of carbonyl (C=O) groups is 2. The van der Waals surface area contributed by atoms with Crippen LogP contribution in [-0.4, -0.2) is 65.4 Å². The van der Waals surface area contributed by atoms with E-state index in [1.807, 2.05) is 12.3 Å². The number of carboxylic acid groups (broad SMARTS) is 1. The lowest BCUT2D eigenvalue weighted by atomic mass is 9.93. The van der Waals surface area contributed by atoms with Gasteiger partial charge in [0.1, 0.15) is 5.69 Å². The molecular formula is C19H22F3N3O4S2. The van der Waals surface area contributed by atoms with Crippen LogP contribution in [0, 0.1) is 18.8 Å². The fourth-order valence-electron chi connectivity index (χ4n) is 3.62. The van der Waals surface area contributed by atoms with Crippen LogP contribution in [0.5, 0.6) is 0 Å². The Morgan fingerprint density at radius 3 is 2.68 bits per heavy atom. The van der Waals surface area contributed by atoms with Gasteiger partial charge in [0.2, 0.25) is 0 Å². The third-order valence-corrected chi connectivity index (χ3v) is 6.73. The smallest absolute Gasteiger partial charge is 0.475 e. The third-order valence-electron chi connectivity index (χ3n) is 5.09. The fourth-order valence-corrected chi connectivity index (χ4v) is 4.96. The fraction of sp³-hybridized carbons (Fsp3) is 0.526. The van der Waals surface area contributed by atoms with Gasteiger partial charge in [-0.25, -0.2) is 9.78 Å². The molecule has 0 saturated carbocycles. The number of rotatable bonds is 5. The molecule has 2 aromatic rings. The Kier molecular flexibility index (Phi) is 7.68. The highest BCUT2D eigenvalue weighted by atomic mass is 32.1. The summed E-state index contributed by atoms with van der Waals surface area (Å²) in [5.74, 6) is -1.92. The van der Waals surface area contributed by atoms with Gasteiger partial charge in [-0.1, -0.05) is 6.07 Å². The summed E-state index contributed by atoms with van der Waals surface area (Å²) >= 11 is 3.31. The van der Waals surface area contributed by atoms with Gasteiger partial charge >= 0.3 is 12.1 Å². The zero-order valence-electron chi connectivity index (χ0n) is 16.6. The summed E-state index contributed by atoms with van der Waals surface area (Å²) < 4.78 is 37.7. The highest BCUT2D eigenvalue weighted by Crippen LogP contribution is 2.34. The minimum absolute atomic E-state index is 0.0729.